The van der Waals surface area contributed by atoms with E-state index in [1.807, 2.05) is 37.4 Å². The summed E-state index contributed by atoms with van der Waals surface area (Å²) in [4.78, 5) is 11.8. The van der Waals surface area contributed by atoms with Crippen molar-refractivity contribution in [1.82, 2.24) is 0 Å². The van der Waals surface area contributed by atoms with Crippen molar-refractivity contribution in [2.24, 2.45) is 0 Å². The summed E-state index contributed by atoms with van der Waals surface area (Å²) < 4.78 is 5.26. The van der Waals surface area contributed by atoms with Gasteiger partial charge >= 0.3 is 5.97 Å². The molecule has 2 nitrogen and oxygen atoms in total. The minimum Gasteiger partial charge on any atom is -0.462 e. The Morgan fingerprint density at radius 3 is 2.72 bits per heavy atom. The summed E-state index contributed by atoms with van der Waals surface area (Å²) in [6.45, 7) is 4.46. The summed E-state index contributed by atoms with van der Waals surface area (Å²) in [6.07, 6.45) is 0.778. The van der Waals surface area contributed by atoms with Gasteiger partial charge in [-0.15, -0.1) is 0 Å². The average Bonchev–Trinajstić information content (AvgIpc) is 2.85. The smallest absolute Gasteiger partial charge is 0.338 e. The average molecular weight is 260 g/mol. The van der Waals surface area contributed by atoms with Crippen LogP contribution in [0.15, 0.2) is 35.0 Å². The van der Waals surface area contributed by atoms with Crippen LogP contribution in [-0.4, -0.2) is 12.6 Å². The number of rotatable bonds is 4. The van der Waals surface area contributed by atoms with Crippen LogP contribution in [0.1, 0.15) is 27.0 Å². The molecule has 0 aliphatic heterocycles. The zero-order valence-corrected chi connectivity index (χ0v) is 11.4. The lowest BCUT2D eigenvalue weighted by Crippen LogP contribution is -2.08. The van der Waals surface area contributed by atoms with Crippen LogP contribution in [0.2, 0.25) is 0 Å². The van der Waals surface area contributed by atoms with Crippen molar-refractivity contribution >= 4 is 17.3 Å². The van der Waals surface area contributed by atoms with E-state index in [9.17, 15) is 4.79 Å². The van der Waals surface area contributed by atoms with E-state index >= 15 is 0 Å². The molecule has 2 rings (SSSR count). The third-order valence-electron chi connectivity index (χ3n) is 2.95. The van der Waals surface area contributed by atoms with Crippen molar-refractivity contribution < 1.29 is 9.53 Å². The van der Waals surface area contributed by atoms with Gasteiger partial charge in [-0.1, -0.05) is 6.07 Å². The normalized spacial score (nSPS) is 10.3. The van der Waals surface area contributed by atoms with Gasteiger partial charge in [0.25, 0.3) is 0 Å². The van der Waals surface area contributed by atoms with Crippen LogP contribution in [0.25, 0.3) is 0 Å². The predicted molar refractivity (Wildman–Crippen MR) is 74.2 cm³/mol. The quantitative estimate of drug-likeness (QED) is 0.782. The number of carbonyl (C=O) groups is 1. The lowest BCUT2D eigenvalue weighted by molar-refractivity contribution is 0.0509. The number of ether oxygens (including phenoxy) is 1. The molecule has 1 aromatic carbocycles. The van der Waals surface area contributed by atoms with Gasteiger partial charge < -0.3 is 4.74 Å². The lowest BCUT2D eigenvalue weighted by Gasteiger charge is -2.06. The Kier molecular flexibility index (Phi) is 4.15. The predicted octanol–water partition coefficient (Wildman–Crippen LogP) is 3.76. The standard InChI is InChI=1S/C15H16O2S/c1-11-3-4-14(9-12(11)2)15(16)17-7-5-13-6-8-18-10-13/h3-4,6,8-10H,5,7H2,1-2H3. The highest BCUT2D eigenvalue weighted by Crippen LogP contribution is 2.11. The van der Waals surface area contributed by atoms with Gasteiger partial charge in [0.05, 0.1) is 12.2 Å². The highest BCUT2D eigenvalue weighted by atomic mass is 32.1. The minimum atomic E-state index is -0.242. The molecular weight excluding hydrogens is 244 g/mol. The second-order valence-corrected chi connectivity index (χ2v) is 5.10. The molecule has 3 heteroatoms. The second kappa shape index (κ2) is 5.83. The second-order valence-electron chi connectivity index (χ2n) is 4.32. The molecule has 0 spiro atoms. The van der Waals surface area contributed by atoms with Crippen molar-refractivity contribution in [3.63, 3.8) is 0 Å². The summed E-state index contributed by atoms with van der Waals surface area (Å²) in [5, 5.41) is 4.10. The van der Waals surface area contributed by atoms with E-state index in [4.69, 9.17) is 4.74 Å². The van der Waals surface area contributed by atoms with Crippen LogP contribution in [0.5, 0.6) is 0 Å². The van der Waals surface area contributed by atoms with Crippen LogP contribution in [0, 0.1) is 13.8 Å². The van der Waals surface area contributed by atoms with E-state index in [1.165, 1.54) is 11.1 Å². The maximum absolute atomic E-state index is 11.8. The molecule has 1 aromatic heterocycles. The van der Waals surface area contributed by atoms with E-state index in [1.54, 1.807) is 11.3 Å². The Bertz CT molecular complexity index is 529. The van der Waals surface area contributed by atoms with Gasteiger partial charge in [0.2, 0.25) is 0 Å². The largest absolute Gasteiger partial charge is 0.462 e. The first-order valence-electron chi connectivity index (χ1n) is 5.92. The van der Waals surface area contributed by atoms with Crippen LogP contribution >= 0.6 is 11.3 Å². The topological polar surface area (TPSA) is 26.3 Å². The van der Waals surface area contributed by atoms with Gasteiger partial charge in [0.15, 0.2) is 0 Å². The van der Waals surface area contributed by atoms with Gasteiger partial charge in [0.1, 0.15) is 0 Å². The van der Waals surface area contributed by atoms with Crippen molar-refractivity contribution in [3.8, 4) is 0 Å². The van der Waals surface area contributed by atoms with Crippen LogP contribution in [-0.2, 0) is 11.2 Å². The fraction of sp³-hybridized carbons (Fsp3) is 0.267. The summed E-state index contributed by atoms with van der Waals surface area (Å²) in [6, 6.07) is 7.69. The Hall–Kier alpha value is -1.61. The third kappa shape index (κ3) is 3.20. The number of hydrogen-bond acceptors (Lipinski definition) is 3. The van der Waals surface area contributed by atoms with Gasteiger partial charge in [-0.05, 0) is 59.5 Å². The first-order valence-corrected chi connectivity index (χ1v) is 6.86. The van der Waals surface area contributed by atoms with Crippen LogP contribution < -0.4 is 0 Å². The SMILES string of the molecule is Cc1ccc(C(=O)OCCc2ccsc2)cc1C. The number of thiophene rings is 1. The molecule has 0 radical (unpaired) electrons. The fourth-order valence-electron chi connectivity index (χ4n) is 1.65. The minimum absolute atomic E-state index is 0.242. The number of benzene rings is 1. The molecule has 2 aromatic rings. The number of aryl methyl sites for hydroxylation is 2. The molecule has 0 saturated carbocycles. The van der Waals surface area contributed by atoms with Gasteiger partial charge in [-0.25, -0.2) is 4.79 Å². The van der Waals surface area contributed by atoms with E-state index in [0.717, 1.165) is 12.0 Å². The van der Waals surface area contributed by atoms with Crippen molar-refractivity contribution in [3.05, 3.63) is 57.3 Å². The Morgan fingerprint density at radius 2 is 2.06 bits per heavy atom. The van der Waals surface area contributed by atoms with Gasteiger partial charge in [-0.2, -0.15) is 11.3 Å². The molecule has 0 unspecified atom stereocenters. The zero-order valence-electron chi connectivity index (χ0n) is 10.6. The maximum atomic E-state index is 11.8. The van der Waals surface area contributed by atoms with Crippen molar-refractivity contribution in [2.45, 2.75) is 20.3 Å². The number of esters is 1. The molecule has 0 aliphatic carbocycles. The summed E-state index contributed by atoms with van der Waals surface area (Å²) in [7, 11) is 0. The first kappa shape index (κ1) is 12.8. The van der Waals surface area contributed by atoms with Crippen LogP contribution in [0.3, 0.4) is 0 Å². The Labute approximate surface area is 111 Å². The third-order valence-corrected chi connectivity index (χ3v) is 3.68. The highest BCUT2D eigenvalue weighted by molar-refractivity contribution is 7.07. The molecule has 0 aliphatic rings. The molecule has 0 bridgehead atoms. The Morgan fingerprint density at radius 1 is 1.22 bits per heavy atom. The summed E-state index contributed by atoms with van der Waals surface area (Å²) in [5.74, 6) is -0.242. The Balaban J connectivity index is 1.89. The molecule has 0 atom stereocenters. The van der Waals surface area contributed by atoms with E-state index in [-0.39, 0.29) is 5.97 Å². The molecular formula is C15H16O2S. The molecule has 0 N–H and O–H groups in total. The molecule has 0 saturated heterocycles. The van der Waals surface area contributed by atoms with Gasteiger partial charge in [0, 0.05) is 6.42 Å². The zero-order chi connectivity index (χ0) is 13.0. The first-order chi connectivity index (χ1) is 8.66. The van der Waals surface area contributed by atoms with Gasteiger partial charge in [-0.3, -0.25) is 0 Å². The van der Waals surface area contributed by atoms with Crippen molar-refractivity contribution in [2.75, 3.05) is 6.61 Å². The van der Waals surface area contributed by atoms with E-state index in [0.29, 0.717) is 12.2 Å². The highest BCUT2D eigenvalue weighted by Gasteiger charge is 2.07. The van der Waals surface area contributed by atoms with Crippen molar-refractivity contribution in [1.29, 1.82) is 0 Å². The maximum Gasteiger partial charge on any atom is 0.338 e. The molecule has 0 amide bonds. The summed E-state index contributed by atoms with van der Waals surface area (Å²) in [5.41, 5.74) is 4.14. The monoisotopic (exact) mass is 260 g/mol. The summed E-state index contributed by atoms with van der Waals surface area (Å²) >= 11 is 1.66. The van der Waals surface area contributed by atoms with E-state index < -0.39 is 0 Å². The van der Waals surface area contributed by atoms with Crippen LogP contribution in [0.4, 0.5) is 0 Å². The fourth-order valence-corrected chi connectivity index (χ4v) is 2.35. The molecule has 0 fully saturated rings. The number of carbonyl (C=O) groups excluding carboxylic acids is 1. The molecule has 94 valence electrons. The molecule has 1 heterocycles. The lowest BCUT2D eigenvalue weighted by atomic mass is 10.1. The van der Waals surface area contributed by atoms with E-state index in [2.05, 4.69) is 11.4 Å². The number of hydrogen-bond donors (Lipinski definition) is 0. The molecule has 18 heavy (non-hydrogen) atoms.